The van der Waals surface area contributed by atoms with E-state index in [0.29, 0.717) is 29.4 Å². The van der Waals surface area contributed by atoms with E-state index in [1.165, 1.54) is 6.07 Å². The van der Waals surface area contributed by atoms with Crippen molar-refractivity contribution >= 4 is 24.4 Å². The summed E-state index contributed by atoms with van der Waals surface area (Å²) in [7, 11) is -0.735. The van der Waals surface area contributed by atoms with Crippen LogP contribution in [0.4, 0.5) is 17.6 Å². The van der Waals surface area contributed by atoms with E-state index in [1.807, 2.05) is 27.7 Å². The second-order valence-electron chi connectivity index (χ2n) is 9.76. The molecule has 2 amide bonds. The van der Waals surface area contributed by atoms with Crippen LogP contribution < -0.4 is 16.1 Å². The molecule has 1 aromatic carbocycles. The lowest BCUT2D eigenvalue weighted by atomic mass is 9.77. The summed E-state index contributed by atoms with van der Waals surface area (Å²) in [5.74, 6) is -3.43. The number of hydrogen-bond donors (Lipinski definition) is 2. The highest BCUT2D eigenvalue weighted by atomic mass is 19.4. The van der Waals surface area contributed by atoms with Crippen molar-refractivity contribution in [3.8, 4) is 0 Å². The van der Waals surface area contributed by atoms with Gasteiger partial charge in [-0.1, -0.05) is 6.07 Å². The van der Waals surface area contributed by atoms with E-state index < -0.39 is 53.7 Å². The third-order valence-corrected chi connectivity index (χ3v) is 6.91. The zero-order valence-corrected chi connectivity index (χ0v) is 18.3. The van der Waals surface area contributed by atoms with Crippen molar-refractivity contribution in [1.82, 2.24) is 10.6 Å². The van der Waals surface area contributed by atoms with Gasteiger partial charge in [-0.2, -0.15) is 13.2 Å². The van der Waals surface area contributed by atoms with E-state index in [2.05, 4.69) is 5.32 Å². The molecule has 2 N–H and O–H groups in total. The molecule has 2 aliphatic carbocycles. The zero-order valence-electron chi connectivity index (χ0n) is 18.3. The van der Waals surface area contributed by atoms with Crippen molar-refractivity contribution in [2.24, 2.45) is 0 Å². The number of benzene rings is 1. The first-order chi connectivity index (χ1) is 14.7. The fraction of sp³-hybridized carbons (Fsp3) is 0.619. The predicted molar refractivity (Wildman–Crippen MR) is 107 cm³/mol. The molecule has 0 bridgehead atoms. The molecule has 0 spiro atoms. The van der Waals surface area contributed by atoms with Gasteiger partial charge in [0.1, 0.15) is 11.4 Å². The van der Waals surface area contributed by atoms with Crippen LogP contribution in [0.25, 0.3) is 0 Å². The monoisotopic (exact) mass is 456 g/mol. The Morgan fingerprint density at radius 3 is 2.22 bits per heavy atom. The Morgan fingerprint density at radius 1 is 1.09 bits per heavy atom. The molecule has 1 unspecified atom stereocenters. The topological polar surface area (TPSA) is 76.7 Å². The van der Waals surface area contributed by atoms with Crippen LogP contribution in [0.1, 0.15) is 64.1 Å². The summed E-state index contributed by atoms with van der Waals surface area (Å²) in [6.45, 7) is 7.59. The van der Waals surface area contributed by atoms with Gasteiger partial charge in [-0.15, -0.1) is 0 Å². The minimum atomic E-state index is -5.08. The summed E-state index contributed by atoms with van der Waals surface area (Å²) < 4.78 is 64.8. The number of aryl methyl sites for hydroxylation is 1. The van der Waals surface area contributed by atoms with Gasteiger partial charge in [0, 0.05) is 5.56 Å². The molecule has 1 atom stereocenters. The van der Waals surface area contributed by atoms with Crippen LogP contribution in [0.5, 0.6) is 0 Å². The number of rotatable bonds is 4. The largest absolute Gasteiger partial charge is 0.494 e. The molecular formula is C21H25BF4N2O4. The van der Waals surface area contributed by atoms with Crippen LogP contribution in [0.2, 0.25) is 0 Å². The van der Waals surface area contributed by atoms with Gasteiger partial charge in [0.05, 0.1) is 17.2 Å². The fourth-order valence-electron chi connectivity index (χ4n) is 4.12. The van der Waals surface area contributed by atoms with Gasteiger partial charge in [-0.25, -0.2) is 4.39 Å². The highest BCUT2D eigenvalue weighted by molar-refractivity contribution is 6.62. The number of alkyl halides is 3. The molecule has 4 rings (SSSR count). The number of carbonyl (C=O) groups excluding carboxylic acids is 2. The van der Waals surface area contributed by atoms with Gasteiger partial charge in [0.25, 0.3) is 0 Å². The number of nitrogens with one attached hydrogen (secondary N) is 2. The second-order valence-corrected chi connectivity index (χ2v) is 9.76. The number of carbonyl (C=O) groups is 2. The smallest absolute Gasteiger partial charge is 0.399 e. The molecule has 3 aliphatic rings. The normalized spacial score (nSPS) is 24.8. The van der Waals surface area contributed by atoms with Crippen molar-refractivity contribution < 1.29 is 36.5 Å². The molecule has 1 saturated heterocycles. The van der Waals surface area contributed by atoms with Gasteiger partial charge in [-0.05, 0) is 70.5 Å². The molecule has 11 heteroatoms. The lowest BCUT2D eigenvalue weighted by Crippen LogP contribution is -2.53. The Labute approximate surface area is 183 Å². The first-order valence-electron chi connectivity index (χ1n) is 10.5. The zero-order chi connectivity index (χ0) is 23.7. The molecular weight excluding hydrogens is 431 g/mol. The maximum Gasteiger partial charge on any atom is 0.494 e. The van der Waals surface area contributed by atoms with Gasteiger partial charge in [0.15, 0.2) is 0 Å². The van der Waals surface area contributed by atoms with E-state index in [0.717, 1.165) is 0 Å². The highest BCUT2D eigenvalue weighted by Crippen LogP contribution is 2.40. The average molecular weight is 456 g/mol. The van der Waals surface area contributed by atoms with Crippen molar-refractivity contribution in [2.75, 3.05) is 0 Å². The first-order valence-corrected chi connectivity index (χ1v) is 10.5. The minimum Gasteiger partial charge on any atom is -0.399 e. The predicted octanol–water partition coefficient (Wildman–Crippen LogP) is 2.44. The van der Waals surface area contributed by atoms with Gasteiger partial charge in [0.2, 0.25) is 5.91 Å². The summed E-state index contributed by atoms with van der Waals surface area (Å²) in [5.41, 5.74) is -1.23. The molecule has 0 aromatic heterocycles. The van der Waals surface area contributed by atoms with E-state index in [1.54, 1.807) is 11.4 Å². The van der Waals surface area contributed by atoms with Crippen LogP contribution in [0.3, 0.4) is 0 Å². The van der Waals surface area contributed by atoms with Crippen LogP contribution >= 0.6 is 0 Å². The molecule has 174 valence electrons. The number of hydrogen-bond acceptors (Lipinski definition) is 4. The summed E-state index contributed by atoms with van der Waals surface area (Å²) in [6.07, 6.45) is -4.00. The summed E-state index contributed by atoms with van der Waals surface area (Å²) in [6, 6.07) is 2.40. The Balaban J connectivity index is 1.49. The van der Waals surface area contributed by atoms with Crippen LogP contribution in [0, 0.1) is 5.82 Å². The number of halogens is 4. The first kappa shape index (κ1) is 23.0. The molecule has 1 aromatic rings. The minimum absolute atomic E-state index is 0.101. The number of amides is 2. The number of fused-ring (bicyclic) bond motifs is 1. The third kappa shape index (κ3) is 3.89. The lowest BCUT2D eigenvalue weighted by molar-refractivity contribution is -0.175. The SMILES string of the molecule is CC1(C)OB(c2cc(F)c3c(c2)CCC3NC(=O)C2(NC(=O)C(F)(F)F)CC2)OC1(C)C. The molecule has 1 aliphatic heterocycles. The maximum atomic E-state index is 15.1. The quantitative estimate of drug-likeness (QED) is 0.539. The van der Waals surface area contributed by atoms with Crippen molar-refractivity contribution in [3.63, 3.8) is 0 Å². The summed E-state index contributed by atoms with van der Waals surface area (Å²) in [5, 5.41) is 4.41. The van der Waals surface area contributed by atoms with Crippen LogP contribution in [-0.2, 0) is 25.3 Å². The Morgan fingerprint density at radius 2 is 1.69 bits per heavy atom. The highest BCUT2D eigenvalue weighted by Gasteiger charge is 2.56. The molecule has 6 nitrogen and oxygen atoms in total. The van der Waals surface area contributed by atoms with E-state index in [9.17, 15) is 22.8 Å². The van der Waals surface area contributed by atoms with Crippen molar-refractivity contribution in [1.29, 1.82) is 0 Å². The van der Waals surface area contributed by atoms with Crippen LogP contribution in [0.15, 0.2) is 12.1 Å². The van der Waals surface area contributed by atoms with E-state index in [4.69, 9.17) is 9.31 Å². The van der Waals surface area contributed by atoms with E-state index >= 15 is 4.39 Å². The molecule has 1 heterocycles. The maximum absolute atomic E-state index is 15.1. The van der Waals surface area contributed by atoms with Gasteiger partial charge in [-0.3, -0.25) is 9.59 Å². The Kier molecular flexibility index (Phi) is 5.17. The second kappa shape index (κ2) is 7.18. The standard InChI is InChI=1S/C21H25BF4N2O4/c1-18(2)19(3,4)32-22(31-18)12-9-11-5-6-14(15(11)13(23)10-12)27-16(29)20(7-8-20)28-17(30)21(24,25)26/h9-10,14H,5-8H2,1-4H3,(H,27,29)(H,28,30). The van der Waals surface area contributed by atoms with Crippen molar-refractivity contribution in [3.05, 3.63) is 29.1 Å². The van der Waals surface area contributed by atoms with Gasteiger partial charge < -0.3 is 19.9 Å². The summed E-state index contributed by atoms with van der Waals surface area (Å²) in [4.78, 5) is 23.9. The van der Waals surface area contributed by atoms with Gasteiger partial charge >= 0.3 is 19.2 Å². The Hall–Kier alpha value is -2.14. The molecule has 0 radical (unpaired) electrons. The molecule has 2 fully saturated rings. The van der Waals surface area contributed by atoms with Crippen LogP contribution in [-0.4, -0.2) is 41.9 Å². The Bertz CT molecular complexity index is 959. The fourth-order valence-corrected chi connectivity index (χ4v) is 4.12. The molecule has 1 saturated carbocycles. The summed E-state index contributed by atoms with van der Waals surface area (Å²) >= 11 is 0. The van der Waals surface area contributed by atoms with E-state index in [-0.39, 0.29) is 12.8 Å². The average Bonchev–Trinajstić information content (AvgIpc) is 3.26. The molecule has 32 heavy (non-hydrogen) atoms. The lowest BCUT2D eigenvalue weighted by Gasteiger charge is -2.32. The van der Waals surface area contributed by atoms with Crippen molar-refractivity contribution in [2.45, 2.75) is 82.3 Å². The third-order valence-electron chi connectivity index (χ3n) is 6.91.